The molecule has 112 valence electrons. The lowest BCUT2D eigenvalue weighted by atomic mass is 9.81. The van der Waals surface area contributed by atoms with Gasteiger partial charge in [0.05, 0.1) is 13.2 Å². The Balaban J connectivity index is 2.38. The Morgan fingerprint density at radius 1 is 1.10 bits per heavy atom. The standard InChI is InChI=1S/C17H20O4/c1-4-20-15(18)17(3,16(19)21-5-2)14-10-12-8-6-7-9-13(12)11-14/h6-10H,4-5,11H2,1-3H3. The van der Waals surface area contributed by atoms with Crippen LogP contribution in [0.2, 0.25) is 0 Å². The van der Waals surface area contributed by atoms with Crippen LogP contribution in [0.5, 0.6) is 0 Å². The van der Waals surface area contributed by atoms with E-state index in [0.717, 1.165) is 16.7 Å². The Morgan fingerprint density at radius 3 is 2.19 bits per heavy atom. The highest BCUT2D eigenvalue weighted by molar-refractivity contribution is 6.04. The van der Waals surface area contributed by atoms with E-state index in [-0.39, 0.29) is 13.2 Å². The minimum absolute atomic E-state index is 0.230. The predicted molar refractivity (Wildman–Crippen MR) is 79.5 cm³/mol. The molecule has 0 saturated carbocycles. The first-order chi connectivity index (χ1) is 10.0. The van der Waals surface area contributed by atoms with Gasteiger partial charge in [0.25, 0.3) is 0 Å². The molecule has 1 aromatic carbocycles. The van der Waals surface area contributed by atoms with Crippen molar-refractivity contribution in [2.75, 3.05) is 13.2 Å². The van der Waals surface area contributed by atoms with Crippen molar-refractivity contribution in [1.82, 2.24) is 0 Å². The Morgan fingerprint density at radius 2 is 1.67 bits per heavy atom. The van der Waals surface area contributed by atoms with Crippen LogP contribution in [-0.4, -0.2) is 25.2 Å². The van der Waals surface area contributed by atoms with Crippen molar-refractivity contribution in [3.63, 3.8) is 0 Å². The average molecular weight is 288 g/mol. The van der Waals surface area contributed by atoms with Crippen LogP contribution in [0.25, 0.3) is 6.08 Å². The summed E-state index contributed by atoms with van der Waals surface area (Å²) in [5.41, 5.74) is 1.48. The lowest BCUT2D eigenvalue weighted by molar-refractivity contribution is -0.167. The molecule has 0 unspecified atom stereocenters. The maximum atomic E-state index is 12.4. The van der Waals surface area contributed by atoms with Crippen LogP contribution in [-0.2, 0) is 25.5 Å². The van der Waals surface area contributed by atoms with Gasteiger partial charge in [-0.2, -0.15) is 0 Å². The monoisotopic (exact) mass is 288 g/mol. The van der Waals surface area contributed by atoms with E-state index >= 15 is 0 Å². The molecule has 0 radical (unpaired) electrons. The van der Waals surface area contributed by atoms with Gasteiger partial charge in [0.1, 0.15) is 0 Å². The average Bonchev–Trinajstić information content (AvgIpc) is 2.91. The minimum atomic E-state index is -1.38. The summed E-state index contributed by atoms with van der Waals surface area (Å²) >= 11 is 0. The van der Waals surface area contributed by atoms with Gasteiger partial charge in [-0.3, -0.25) is 9.59 Å². The Hall–Kier alpha value is -2.10. The van der Waals surface area contributed by atoms with Gasteiger partial charge >= 0.3 is 11.9 Å². The number of ether oxygens (including phenoxy) is 2. The summed E-state index contributed by atoms with van der Waals surface area (Å²) < 4.78 is 10.2. The molecular weight excluding hydrogens is 268 g/mol. The molecule has 0 spiro atoms. The maximum Gasteiger partial charge on any atom is 0.327 e. The van der Waals surface area contributed by atoms with E-state index < -0.39 is 17.4 Å². The molecule has 0 atom stereocenters. The van der Waals surface area contributed by atoms with Gasteiger partial charge in [0.2, 0.25) is 0 Å². The third kappa shape index (κ3) is 2.71. The van der Waals surface area contributed by atoms with E-state index in [0.29, 0.717) is 6.42 Å². The molecule has 0 bridgehead atoms. The third-order valence-electron chi connectivity index (χ3n) is 3.78. The molecule has 1 aliphatic rings. The maximum absolute atomic E-state index is 12.4. The number of benzene rings is 1. The summed E-state index contributed by atoms with van der Waals surface area (Å²) in [6.45, 7) is 5.49. The molecule has 21 heavy (non-hydrogen) atoms. The Kier molecular flexibility index (Phi) is 4.46. The van der Waals surface area contributed by atoms with Crippen molar-refractivity contribution < 1.29 is 19.1 Å². The highest BCUT2D eigenvalue weighted by atomic mass is 16.6. The van der Waals surface area contributed by atoms with Crippen LogP contribution in [0.4, 0.5) is 0 Å². The van der Waals surface area contributed by atoms with Gasteiger partial charge in [0.15, 0.2) is 5.41 Å². The first-order valence-corrected chi connectivity index (χ1v) is 7.17. The molecule has 0 fully saturated rings. The summed E-state index contributed by atoms with van der Waals surface area (Å²) in [6, 6.07) is 7.85. The van der Waals surface area contributed by atoms with Gasteiger partial charge in [-0.1, -0.05) is 30.3 Å². The largest absolute Gasteiger partial charge is 0.465 e. The summed E-state index contributed by atoms with van der Waals surface area (Å²) in [5, 5.41) is 0. The molecule has 4 heteroatoms. The van der Waals surface area contributed by atoms with Gasteiger partial charge in [0, 0.05) is 0 Å². The summed E-state index contributed by atoms with van der Waals surface area (Å²) in [5.74, 6) is -1.11. The molecule has 1 aliphatic carbocycles. The fraction of sp³-hybridized carbons (Fsp3) is 0.412. The summed E-state index contributed by atoms with van der Waals surface area (Å²) in [7, 11) is 0. The quantitative estimate of drug-likeness (QED) is 0.617. The van der Waals surface area contributed by atoms with E-state index in [2.05, 4.69) is 0 Å². The fourth-order valence-corrected chi connectivity index (χ4v) is 2.50. The van der Waals surface area contributed by atoms with E-state index in [1.165, 1.54) is 0 Å². The molecule has 0 N–H and O–H groups in total. The molecule has 0 aliphatic heterocycles. The fourth-order valence-electron chi connectivity index (χ4n) is 2.50. The molecule has 0 heterocycles. The molecule has 4 nitrogen and oxygen atoms in total. The van der Waals surface area contributed by atoms with Crippen LogP contribution in [0.15, 0.2) is 29.8 Å². The lowest BCUT2D eigenvalue weighted by Gasteiger charge is -2.26. The van der Waals surface area contributed by atoms with Gasteiger partial charge in [-0.25, -0.2) is 0 Å². The number of hydrogen-bond acceptors (Lipinski definition) is 4. The summed E-state index contributed by atoms with van der Waals surface area (Å²) in [4.78, 5) is 24.7. The van der Waals surface area contributed by atoms with Gasteiger partial charge < -0.3 is 9.47 Å². The molecule has 0 aromatic heterocycles. The lowest BCUT2D eigenvalue weighted by Crippen LogP contribution is -2.41. The second kappa shape index (κ2) is 6.12. The molecule has 2 rings (SSSR count). The minimum Gasteiger partial charge on any atom is -0.465 e. The first kappa shape index (κ1) is 15.3. The van der Waals surface area contributed by atoms with E-state index in [9.17, 15) is 9.59 Å². The van der Waals surface area contributed by atoms with Crippen LogP contribution >= 0.6 is 0 Å². The highest BCUT2D eigenvalue weighted by Gasteiger charge is 2.48. The zero-order chi connectivity index (χ0) is 15.5. The van der Waals surface area contributed by atoms with E-state index in [1.54, 1.807) is 20.8 Å². The zero-order valence-electron chi connectivity index (χ0n) is 12.6. The normalized spacial score (nSPS) is 13.4. The third-order valence-corrected chi connectivity index (χ3v) is 3.78. The topological polar surface area (TPSA) is 52.6 Å². The van der Waals surface area contributed by atoms with Gasteiger partial charge in [-0.05, 0) is 43.9 Å². The zero-order valence-corrected chi connectivity index (χ0v) is 12.6. The molecular formula is C17H20O4. The number of esters is 2. The number of carbonyl (C=O) groups is 2. The van der Waals surface area contributed by atoms with Crippen molar-refractivity contribution in [1.29, 1.82) is 0 Å². The van der Waals surface area contributed by atoms with Crippen LogP contribution in [0.3, 0.4) is 0 Å². The molecule has 0 saturated heterocycles. The summed E-state index contributed by atoms with van der Waals surface area (Å²) in [6.07, 6.45) is 2.45. The van der Waals surface area contributed by atoms with Gasteiger partial charge in [-0.15, -0.1) is 0 Å². The number of hydrogen-bond donors (Lipinski definition) is 0. The van der Waals surface area contributed by atoms with Crippen LogP contribution in [0, 0.1) is 5.41 Å². The van der Waals surface area contributed by atoms with Crippen molar-refractivity contribution in [2.24, 2.45) is 5.41 Å². The first-order valence-electron chi connectivity index (χ1n) is 7.17. The van der Waals surface area contributed by atoms with E-state index in [1.807, 2.05) is 30.3 Å². The predicted octanol–water partition coefficient (Wildman–Crippen LogP) is 2.76. The van der Waals surface area contributed by atoms with Crippen molar-refractivity contribution >= 4 is 18.0 Å². The highest BCUT2D eigenvalue weighted by Crippen LogP contribution is 2.39. The van der Waals surface area contributed by atoms with Crippen LogP contribution < -0.4 is 0 Å². The van der Waals surface area contributed by atoms with E-state index in [4.69, 9.17) is 9.47 Å². The SMILES string of the molecule is CCOC(=O)C(C)(C(=O)OCC)C1=Cc2ccccc2C1. The second-order valence-electron chi connectivity index (χ2n) is 5.11. The second-order valence-corrected chi connectivity index (χ2v) is 5.11. The number of carbonyl (C=O) groups excluding carboxylic acids is 2. The Bertz CT molecular complexity index is 568. The smallest absolute Gasteiger partial charge is 0.327 e. The van der Waals surface area contributed by atoms with Crippen LogP contribution in [0.1, 0.15) is 31.9 Å². The number of fused-ring (bicyclic) bond motifs is 1. The van der Waals surface area contributed by atoms with Crippen molar-refractivity contribution in [2.45, 2.75) is 27.2 Å². The molecule has 0 amide bonds. The van der Waals surface area contributed by atoms with Crippen molar-refractivity contribution in [3.05, 3.63) is 41.0 Å². The number of rotatable bonds is 5. The van der Waals surface area contributed by atoms with Crippen molar-refractivity contribution in [3.8, 4) is 0 Å². The Labute approximate surface area is 124 Å². The molecule has 1 aromatic rings.